The number of nitrogens with one attached hydrogen (secondary N) is 1. The topological polar surface area (TPSA) is 32.1 Å². The van der Waals surface area contributed by atoms with E-state index in [1.165, 1.54) is 24.9 Å². The van der Waals surface area contributed by atoms with Gasteiger partial charge in [0, 0.05) is 18.4 Å². The first-order valence-electron chi connectivity index (χ1n) is 5.47. The minimum atomic E-state index is 1.07. The molecule has 0 heterocycles. The lowest BCUT2D eigenvalue weighted by Crippen LogP contribution is -3.07. The molecule has 0 bridgehead atoms. The summed E-state index contributed by atoms with van der Waals surface area (Å²) in [4.78, 5) is 1.59. The van der Waals surface area contributed by atoms with Crippen molar-refractivity contribution in [1.29, 1.82) is 0 Å². The molecule has 1 atom stereocenters. The minimum absolute atomic E-state index is 1.07. The fourth-order valence-corrected chi connectivity index (χ4v) is 1.64. The molecular formula is C12H22N2+2. The van der Waals surface area contributed by atoms with Gasteiger partial charge in [-0.05, 0) is 0 Å². The Balaban J connectivity index is 2.23. The van der Waals surface area contributed by atoms with E-state index < -0.39 is 0 Å². The summed E-state index contributed by atoms with van der Waals surface area (Å²) in [6, 6.07) is 10.7. The molecule has 14 heavy (non-hydrogen) atoms. The number of unbranched alkanes of at least 4 members (excludes halogenated alkanes) is 1. The molecule has 78 valence electrons. The molecule has 1 unspecified atom stereocenters. The molecule has 0 aromatic heterocycles. The molecule has 0 spiro atoms. The van der Waals surface area contributed by atoms with Crippen LogP contribution in [0.25, 0.3) is 0 Å². The van der Waals surface area contributed by atoms with Crippen LogP contribution in [0.1, 0.15) is 18.4 Å². The van der Waals surface area contributed by atoms with Gasteiger partial charge in [-0.3, -0.25) is 0 Å². The smallest absolute Gasteiger partial charge is 0.103 e. The second kappa shape index (κ2) is 6.57. The van der Waals surface area contributed by atoms with E-state index in [-0.39, 0.29) is 0 Å². The Morgan fingerprint density at radius 2 is 1.86 bits per heavy atom. The lowest BCUT2D eigenvalue weighted by Gasteiger charge is -2.13. The summed E-state index contributed by atoms with van der Waals surface area (Å²) < 4.78 is 0. The third kappa shape index (κ3) is 4.40. The van der Waals surface area contributed by atoms with Crippen LogP contribution in [0.4, 0.5) is 0 Å². The first kappa shape index (κ1) is 11.2. The summed E-state index contributed by atoms with van der Waals surface area (Å²) in [6.45, 7) is 3.46. The van der Waals surface area contributed by atoms with Crippen LogP contribution < -0.4 is 10.6 Å². The van der Waals surface area contributed by atoms with Gasteiger partial charge in [0.2, 0.25) is 0 Å². The van der Waals surface area contributed by atoms with Crippen molar-refractivity contribution in [3.63, 3.8) is 0 Å². The molecule has 0 aliphatic rings. The van der Waals surface area contributed by atoms with E-state index in [0.717, 1.165) is 13.1 Å². The van der Waals surface area contributed by atoms with Crippen molar-refractivity contribution in [1.82, 2.24) is 0 Å². The van der Waals surface area contributed by atoms with Crippen LogP contribution in [-0.4, -0.2) is 20.1 Å². The maximum Gasteiger partial charge on any atom is 0.103 e. The number of hydrogen-bond donors (Lipinski definition) is 2. The van der Waals surface area contributed by atoms with Gasteiger partial charge < -0.3 is 10.6 Å². The molecular weight excluding hydrogens is 172 g/mol. The van der Waals surface area contributed by atoms with Gasteiger partial charge in [-0.1, -0.05) is 30.3 Å². The average Bonchev–Trinajstić information content (AvgIpc) is 2.20. The standard InChI is InChI=1S/C12H20N2/c1-14(10-6-5-9-13)11-12-7-3-2-4-8-12/h2-4,7-8H,5-6,9-11,13H2,1H3/p+2. The zero-order chi connectivity index (χ0) is 10.2. The molecule has 2 heteroatoms. The van der Waals surface area contributed by atoms with Gasteiger partial charge in [-0.2, -0.15) is 0 Å². The summed E-state index contributed by atoms with van der Waals surface area (Å²) in [5, 5.41) is 0. The van der Waals surface area contributed by atoms with E-state index in [2.05, 4.69) is 43.1 Å². The first-order chi connectivity index (χ1) is 6.83. The highest BCUT2D eigenvalue weighted by atomic mass is 15.1. The Morgan fingerprint density at radius 1 is 1.14 bits per heavy atom. The van der Waals surface area contributed by atoms with E-state index in [9.17, 15) is 0 Å². The third-order valence-electron chi connectivity index (χ3n) is 2.45. The monoisotopic (exact) mass is 194 g/mol. The highest BCUT2D eigenvalue weighted by molar-refractivity contribution is 5.13. The maximum atomic E-state index is 3.86. The van der Waals surface area contributed by atoms with E-state index in [4.69, 9.17) is 0 Å². The lowest BCUT2D eigenvalue weighted by molar-refractivity contribution is -0.894. The molecule has 0 amide bonds. The predicted molar refractivity (Wildman–Crippen MR) is 58.9 cm³/mol. The molecule has 2 nitrogen and oxygen atoms in total. The molecule has 0 fully saturated rings. The Morgan fingerprint density at radius 3 is 2.50 bits per heavy atom. The molecule has 0 saturated carbocycles. The van der Waals surface area contributed by atoms with Gasteiger partial charge in [0.25, 0.3) is 0 Å². The SMILES string of the molecule is C[NH+](CCCC[NH3+])Cc1ccccc1. The van der Waals surface area contributed by atoms with Crippen molar-refractivity contribution >= 4 is 0 Å². The van der Waals surface area contributed by atoms with Crippen LogP contribution in [-0.2, 0) is 6.54 Å². The summed E-state index contributed by atoms with van der Waals surface area (Å²) in [5.41, 5.74) is 5.29. The minimum Gasteiger partial charge on any atom is -0.358 e. The Labute approximate surface area is 86.7 Å². The summed E-state index contributed by atoms with van der Waals surface area (Å²) >= 11 is 0. The van der Waals surface area contributed by atoms with Crippen molar-refractivity contribution < 1.29 is 10.6 Å². The Kier molecular flexibility index (Phi) is 5.27. The summed E-state index contributed by atoms with van der Waals surface area (Å²) in [6.07, 6.45) is 2.55. The highest BCUT2D eigenvalue weighted by Crippen LogP contribution is 1.94. The highest BCUT2D eigenvalue weighted by Gasteiger charge is 2.02. The van der Waals surface area contributed by atoms with E-state index in [0.29, 0.717) is 0 Å². The Bertz CT molecular complexity index is 233. The number of benzene rings is 1. The van der Waals surface area contributed by atoms with Crippen molar-refractivity contribution in [3.8, 4) is 0 Å². The predicted octanol–water partition coefficient (Wildman–Crippen LogP) is -0.277. The number of quaternary nitrogens is 2. The number of rotatable bonds is 6. The molecule has 1 rings (SSSR count). The molecule has 0 aliphatic carbocycles. The zero-order valence-corrected chi connectivity index (χ0v) is 9.13. The summed E-state index contributed by atoms with van der Waals surface area (Å²) in [7, 11) is 2.26. The second-order valence-corrected chi connectivity index (χ2v) is 3.93. The van der Waals surface area contributed by atoms with Crippen LogP contribution in [0.5, 0.6) is 0 Å². The van der Waals surface area contributed by atoms with E-state index in [1.807, 2.05) is 0 Å². The van der Waals surface area contributed by atoms with Gasteiger partial charge in [0.1, 0.15) is 6.54 Å². The fraction of sp³-hybridized carbons (Fsp3) is 0.500. The zero-order valence-electron chi connectivity index (χ0n) is 9.13. The molecule has 0 radical (unpaired) electrons. The van der Waals surface area contributed by atoms with Crippen LogP contribution >= 0.6 is 0 Å². The van der Waals surface area contributed by atoms with Gasteiger partial charge >= 0.3 is 0 Å². The largest absolute Gasteiger partial charge is 0.358 e. The Hall–Kier alpha value is -0.860. The maximum absolute atomic E-state index is 3.86. The van der Waals surface area contributed by atoms with Gasteiger partial charge in [-0.15, -0.1) is 0 Å². The van der Waals surface area contributed by atoms with Gasteiger partial charge in [-0.25, -0.2) is 0 Å². The molecule has 0 saturated heterocycles. The van der Waals surface area contributed by atoms with Crippen LogP contribution in [0.2, 0.25) is 0 Å². The van der Waals surface area contributed by atoms with Crippen molar-refractivity contribution in [3.05, 3.63) is 35.9 Å². The van der Waals surface area contributed by atoms with Crippen LogP contribution in [0.3, 0.4) is 0 Å². The molecule has 1 aromatic carbocycles. The quantitative estimate of drug-likeness (QED) is 0.584. The average molecular weight is 194 g/mol. The molecule has 0 aliphatic heterocycles. The molecule has 1 aromatic rings. The first-order valence-corrected chi connectivity index (χ1v) is 5.47. The second-order valence-electron chi connectivity index (χ2n) is 3.93. The van der Waals surface area contributed by atoms with Crippen molar-refractivity contribution in [2.45, 2.75) is 19.4 Å². The van der Waals surface area contributed by atoms with Crippen LogP contribution in [0.15, 0.2) is 30.3 Å². The lowest BCUT2D eigenvalue weighted by atomic mass is 10.2. The fourth-order valence-electron chi connectivity index (χ4n) is 1.64. The van der Waals surface area contributed by atoms with Crippen molar-refractivity contribution in [2.24, 2.45) is 0 Å². The van der Waals surface area contributed by atoms with E-state index >= 15 is 0 Å². The number of hydrogen-bond acceptors (Lipinski definition) is 0. The van der Waals surface area contributed by atoms with E-state index in [1.54, 1.807) is 4.90 Å². The van der Waals surface area contributed by atoms with Crippen LogP contribution in [0, 0.1) is 0 Å². The van der Waals surface area contributed by atoms with Gasteiger partial charge in [0.05, 0.1) is 20.1 Å². The van der Waals surface area contributed by atoms with Crippen molar-refractivity contribution in [2.75, 3.05) is 20.1 Å². The van der Waals surface area contributed by atoms with Gasteiger partial charge in [0.15, 0.2) is 0 Å². The summed E-state index contributed by atoms with van der Waals surface area (Å²) in [5.74, 6) is 0. The third-order valence-corrected chi connectivity index (χ3v) is 2.45. The normalized spacial score (nSPS) is 12.7. The molecule has 4 N–H and O–H groups in total.